The molecule has 0 saturated carbocycles. The highest BCUT2D eigenvalue weighted by molar-refractivity contribution is 9.11. The summed E-state index contributed by atoms with van der Waals surface area (Å²) in [6, 6.07) is 1.83. The second kappa shape index (κ2) is 7.00. The van der Waals surface area contributed by atoms with Crippen LogP contribution in [0.3, 0.4) is 0 Å². The van der Waals surface area contributed by atoms with Gasteiger partial charge in [0.1, 0.15) is 4.60 Å². The van der Waals surface area contributed by atoms with E-state index < -0.39 is 0 Å². The van der Waals surface area contributed by atoms with Gasteiger partial charge in [-0.1, -0.05) is 5.21 Å². The number of hydrogen-bond acceptors (Lipinski definition) is 8. The maximum atomic E-state index is 5.72. The first-order valence-corrected chi connectivity index (χ1v) is 8.58. The van der Waals surface area contributed by atoms with Crippen LogP contribution in [0.1, 0.15) is 5.56 Å². The van der Waals surface area contributed by atoms with Crippen LogP contribution in [0, 0.1) is 0 Å². The Labute approximate surface area is 159 Å². The summed E-state index contributed by atoms with van der Waals surface area (Å²) < 4.78 is 19.0. The first-order valence-electron chi connectivity index (χ1n) is 6.99. The number of fused-ring (bicyclic) bond motifs is 1. The second-order valence-electron chi connectivity index (χ2n) is 4.91. The van der Waals surface area contributed by atoms with Gasteiger partial charge in [0, 0.05) is 0 Å². The van der Waals surface area contributed by atoms with Crippen molar-refractivity contribution in [1.82, 2.24) is 25.0 Å². The molecule has 1 aromatic carbocycles. The molecule has 0 fully saturated rings. The minimum atomic E-state index is 0.131. The Morgan fingerprint density at radius 3 is 2.44 bits per heavy atom. The Balaban J connectivity index is 2.12. The highest BCUT2D eigenvalue weighted by Gasteiger charge is 2.21. The molecule has 0 aliphatic heterocycles. The third-order valence-electron chi connectivity index (χ3n) is 3.50. The predicted molar refractivity (Wildman–Crippen MR) is 98.1 cm³/mol. The lowest BCUT2D eigenvalue weighted by molar-refractivity contribution is 0.322. The molecule has 2 aromatic heterocycles. The summed E-state index contributed by atoms with van der Waals surface area (Å²) in [5.41, 5.74) is 7.60. The van der Waals surface area contributed by atoms with Gasteiger partial charge in [-0.25, -0.2) is 9.67 Å². The lowest BCUT2D eigenvalue weighted by Crippen LogP contribution is -2.07. The fraction of sp³-hybridized carbons (Fsp3) is 0.286. The van der Waals surface area contributed by atoms with Crippen LogP contribution in [-0.4, -0.2) is 46.3 Å². The van der Waals surface area contributed by atoms with Crippen molar-refractivity contribution >= 4 is 49.0 Å². The van der Waals surface area contributed by atoms with Gasteiger partial charge in [-0.15, -0.1) is 5.10 Å². The number of benzene rings is 1. The molecule has 0 atom stereocenters. The van der Waals surface area contributed by atoms with Crippen LogP contribution >= 0.6 is 31.9 Å². The topological polar surface area (TPSA) is 110 Å². The van der Waals surface area contributed by atoms with E-state index in [4.69, 9.17) is 19.9 Å². The number of rotatable bonds is 5. The Bertz CT molecular complexity index is 946. The Kier molecular flexibility index (Phi) is 4.95. The molecule has 2 N–H and O–H groups in total. The smallest absolute Gasteiger partial charge is 0.223 e. The van der Waals surface area contributed by atoms with Crippen molar-refractivity contribution in [3.63, 3.8) is 0 Å². The standard InChI is InChI=1S/C14H14Br2N6O3/c1-23-7-4-6(8(15)11(25-3)10(7)24-2)5-22-13-9(20-21-22)12(16)18-14(17)19-13/h4H,5H2,1-3H3,(H2,17,18,19). The average molecular weight is 474 g/mol. The maximum absolute atomic E-state index is 5.72. The molecule has 3 rings (SSSR count). The molecule has 3 aromatic rings. The zero-order valence-corrected chi connectivity index (χ0v) is 16.8. The van der Waals surface area contributed by atoms with Gasteiger partial charge in [0.15, 0.2) is 22.7 Å². The van der Waals surface area contributed by atoms with Crippen LogP contribution in [0.25, 0.3) is 11.2 Å². The molecule has 25 heavy (non-hydrogen) atoms. The summed E-state index contributed by atoms with van der Waals surface area (Å²) in [4.78, 5) is 8.23. The van der Waals surface area contributed by atoms with Crippen molar-refractivity contribution in [3.05, 3.63) is 20.7 Å². The third-order valence-corrected chi connectivity index (χ3v) is 4.92. The fourth-order valence-corrected chi connectivity index (χ4v) is 3.41. The molecule has 0 amide bonds. The van der Waals surface area contributed by atoms with E-state index >= 15 is 0 Å². The number of nitrogen functional groups attached to an aromatic ring is 1. The number of hydrogen-bond donors (Lipinski definition) is 1. The number of aromatic nitrogens is 5. The number of ether oxygens (including phenoxy) is 3. The summed E-state index contributed by atoms with van der Waals surface area (Å²) in [6.45, 7) is 0.358. The van der Waals surface area contributed by atoms with Crippen LogP contribution in [-0.2, 0) is 6.54 Å². The first-order chi connectivity index (χ1) is 12.0. The Hall–Kier alpha value is -2.14. The zero-order valence-electron chi connectivity index (χ0n) is 13.6. The maximum Gasteiger partial charge on any atom is 0.223 e. The van der Waals surface area contributed by atoms with E-state index in [0.717, 1.165) is 10.0 Å². The molecule has 0 radical (unpaired) electrons. The second-order valence-corrected chi connectivity index (χ2v) is 6.45. The largest absolute Gasteiger partial charge is 0.493 e. The predicted octanol–water partition coefficient (Wildman–Crippen LogP) is 2.40. The van der Waals surface area contributed by atoms with E-state index in [1.165, 1.54) is 0 Å². The van der Waals surface area contributed by atoms with Crippen LogP contribution in [0.2, 0.25) is 0 Å². The monoisotopic (exact) mass is 472 g/mol. The van der Waals surface area contributed by atoms with E-state index in [2.05, 4.69) is 52.1 Å². The summed E-state index contributed by atoms with van der Waals surface area (Å²) in [5, 5.41) is 8.22. The van der Waals surface area contributed by atoms with Crippen LogP contribution in [0.5, 0.6) is 17.2 Å². The molecule has 0 aliphatic carbocycles. The summed E-state index contributed by atoms with van der Waals surface area (Å²) >= 11 is 6.86. The van der Waals surface area contributed by atoms with Crippen molar-refractivity contribution in [3.8, 4) is 17.2 Å². The van der Waals surface area contributed by atoms with Crippen molar-refractivity contribution < 1.29 is 14.2 Å². The van der Waals surface area contributed by atoms with Crippen LogP contribution in [0.4, 0.5) is 5.95 Å². The van der Waals surface area contributed by atoms with Crippen molar-refractivity contribution in [2.75, 3.05) is 27.1 Å². The quantitative estimate of drug-likeness (QED) is 0.562. The molecule has 0 aliphatic rings. The number of nitrogens with two attached hydrogens (primary N) is 1. The van der Waals surface area contributed by atoms with Gasteiger partial charge in [0.05, 0.1) is 32.3 Å². The van der Waals surface area contributed by atoms with E-state index in [9.17, 15) is 0 Å². The average Bonchev–Trinajstić information content (AvgIpc) is 2.99. The fourth-order valence-electron chi connectivity index (χ4n) is 2.39. The van der Waals surface area contributed by atoms with Crippen LogP contribution in [0.15, 0.2) is 15.1 Å². The van der Waals surface area contributed by atoms with Gasteiger partial charge in [0.25, 0.3) is 0 Å². The summed E-state index contributed by atoms with van der Waals surface area (Å²) in [5.74, 6) is 1.69. The lowest BCUT2D eigenvalue weighted by Gasteiger charge is -2.16. The molecule has 0 bridgehead atoms. The zero-order chi connectivity index (χ0) is 18.1. The molecule has 9 nitrogen and oxygen atoms in total. The lowest BCUT2D eigenvalue weighted by atomic mass is 10.1. The molecule has 11 heteroatoms. The number of anilines is 1. The minimum Gasteiger partial charge on any atom is -0.493 e. The van der Waals surface area contributed by atoms with Gasteiger partial charge >= 0.3 is 0 Å². The molecule has 2 heterocycles. The first kappa shape index (κ1) is 17.7. The van der Waals surface area contributed by atoms with Crippen molar-refractivity contribution in [2.24, 2.45) is 0 Å². The van der Waals surface area contributed by atoms with Gasteiger partial charge in [0.2, 0.25) is 11.7 Å². The number of halogens is 2. The SMILES string of the molecule is COc1cc(Cn2nnc3c(Br)nc(N)nc32)c(Br)c(OC)c1OC. The number of methoxy groups -OCH3 is 3. The van der Waals surface area contributed by atoms with E-state index in [1.807, 2.05) is 6.07 Å². The highest BCUT2D eigenvalue weighted by atomic mass is 79.9. The number of nitrogens with zero attached hydrogens (tertiary/aromatic N) is 5. The summed E-state index contributed by atoms with van der Waals surface area (Å²) in [6.07, 6.45) is 0. The van der Waals surface area contributed by atoms with Crippen LogP contribution < -0.4 is 19.9 Å². The van der Waals surface area contributed by atoms with E-state index in [-0.39, 0.29) is 5.95 Å². The highest BCUT2D eigenvalue weighted by Crippen LogP contribution is 2.45. The molecular weight excluding hydrogens is 460 g/mol. The van der Waals surface area contributed by atoms with Gasteiger partial charge < -0.3 is 19.9 Å². The van der Waals surface area contributed by atoms with E-state index in [0.29, 0.717) is 39.6 Å². The summed E-state index contributed by atoms with van der Waals surface area (Å²) in [7, 11) is 4.67. The van der Waals surface area contributed by atoms with Gasteiger partial charge in [-0.3, -0.25) is 0 Å². The Morgan fingerprint density at radius 1 is 1.08 bits per heavy atom. The molecule has 0 saturated heterocycles. The van der Waals surface area contributed by atoms with Gasteiger partial charge in [-0.05, 0) is 43.5 Å². The molecule has 132 valence electrons. The normalized spacial score (nSPS) is 10.9. The molecule has 0 unspecified atom stereocenters. The minimum absolute atomic E-state index is 0.131. The molecule has 0 spiro atoms. The van der Waals surface area contributed by atoms with Crippen molar-refractivity contribution in [1.29, 1.82) is 0 Å². The molecular formula is C14H14Br2N6O3. The Morgan fingerprint density at radius 2 is 1.80 bits per heavy atom. The van der Waals surface area contributed by atoms with E-state index in [1.54, 1.807) is 26.0 Å². The van der Waals surface area contributed by atoms with Gasteiger partial charge in [-0.2, -0.15) is 4.98 Å². The third kappa shape index (κ3) is 3.09. The van der Waals surface area contributed by atoms with Crippen molar-refractivity contribution in [2.45, 2.75) is 6.54 Å².